The van der Waals surface area contributed by atoms with Gasteiger partial charge in [-0.15, -0.1) is 22.9 Å². The van der Waals surface area contributed by atoms with Gasteiger partial charge in [0.2, 0.25) is 0 Å². The molecule has 9 heteroatoms. The molecule has 1 aromatic carbocycles. The molecule has 4 nitrogen and oxygen atoms in total. The van der Waals surface area contributed by atoms with Crippen LogP contribution in [0.3, 0.4) is 0 Å². The average Bonchev–Trinajstić information content (AvgIpc) is 3.37. The van der Waals surface area contributed by atoms with E-state index in [1.165, 1.54) is 23.5 Å². The average molecular weight is 519 g/mol. The lowest BCUT2D eigenvalue weighted by Crippen LogP contribution is -2.21. The Hall–Kier alpha value is -1.61. The summed E-state index contributed by atoms with van der Waals surface area (Å²) in [5.74, 6) is -0.265. The normalized spacial score (nSPS) is 22.8. The van der Waals surface area contributed by atoms with Crippen LogP contribution in [0.15, 0.2) is 36.4 Å². The fraction of sp³-hybridized carbons (Fsp3) is 0.560. The van der Waals surface area contributed by atoms with Gasteiger partial charge in [-0.25, -0.2) is 4.79 Å². The molecule has 2 aromatic rings. The van der Waals surface area contributed by atoms with Crippen LogP contribution in [0.25, 0.3) is 0 Å². The number of alkyl halides is 4. The van der Waals surface area contributed by atoms with E-state index in [4.69, 9.17) is 21.4 Å². The van der Waals surface area contributed by atoms with Crippen LogP contribution in [0.4, 0.5) is 13.2 Å². The molecule has 1 aromatic heterocycles. The smallest absolute Gasteiger partial charge is 0.416 e. The van der Waals surface area contributed by atoms with Crippen molar-refractivity contribution < 1.29 is 32.9 Å². The first-order valence-corrected chi connectivity index (χ1v) is 12.8. The highest BCUT2D eigenvalue weighted by atomic mass is 35.5. The third-order valence-corrected chi connectivity index (χ3v) is 8.01. The zero-order valence-electron chi connectivity index (χ0n) is 18.8. The summed E-state index contributed by atoms with van der Waals surface area (Å²) in [6.07, 6.45) is 0.0835. The number of halogens is 4. The Kier molecular flexibility index (Phi) is 9.83. The number of hydrogen-bond donors (Lipinski definition) is 2. The van der Waals surface area contributed by atoms with E-state index in [1.54, 1.807) is 12.1 Å². The molecule has 2 N–H and O–H groups in total. The van der Waals surface area contributed by atoms with Crippen LogP contribution in [0, 0.1) is 11.8 Å². The Bertz CT molecular complexity index is 933. The van der Waals surface area contributed by atoms with Gasteiger partial charge in [0, 0.05) is 10.3 Å². The molecule has 0 aliphatic heterocycles. The highest BCUT2D eigenvalue weighted by molar-refractivity contribution is 7.13. The van der Waals surface area contributed by atoms with Crippen molar-refractivity contribution in [2.45, 2.75) is 62.6 Å². The van der Waals surface area contributed by atoms with Crippen LogP contribution < -0.4 is 0 Å². The number of hydrogen-bond acceptors (Lipinski definition) is 5. The van der Waals surface area contributed by atoms with Gasteiger partial charge >= 0.3 is 12.1 Å². The van der Waals surface area contributed by atoms with Crippen molar-refractivity contribution in [1.82, 2.24) is 0 Å². The maximum Gasteiger partial charge on any atom is 0.416 e. The molecule has 4 atom stereocenters. The number of esters is 1. The summed E-state index contributed by atoms with van der Waals surface area (Å²) in [5.41, 5.74) is 0.00953. The lowest BCUT2D eigenvalue weighted by Gasteiger charge is -2.23. The number of aryl methyl sites for hydroxylation is 2. The molecule has 1 fully saturated rings. The van der Waals surface area contributed by atoms with Gasteiger partial charge in [-0.2, -0.15) is 13.2 Å². The van der Waals surface area contributed by atoms with E-state index in [2.05, 4.69) is 0 Å². The lowest BCUT2D eigenvalue weighted by molar-refractivity contribution is -0.137. The largest absolute Gasteiger partial charge is 0.459 e. The van der Waals surface area contributed by atoms with E-state index >= 15 is 0 Å². The van der Waals surface area contributed by atoms with Gasteiger partial charge < -0.3 is 14.9 Å². The number of thiophene rings is 1. The van der Waals surface area contributed by atoms with E-state index in [0.29, 0.717) is 36.1 Å². The molecule has 0 spiro atoms. The molecule has 3 rings (SSSR count). The predicted octanol–water partition coefficient (Wildman–Crippen LogP) is 5.87. The minimum atomic E-state index is -4.35. The van der Waals surface area contributed by atoms with Crippen LogP contribution in [0.2, 0.25) is 0 Å². The molecule has 1 aliphatic rings. The molecule has 0 radical (unpaired) electrons. The molecule has 34 heavy (non-hydrogen) atoms. The molecular formula is C25H30ClF3O4S. The number of benzene rings is 1. The summed E-state index contributed by atoms with van der Waals surface area (Å²) in [6.45, 7) is -0.236. The number of rotatable bonds is 11. The third-order valence-electron chi connectivity index (χ3n) is 6.38. The van der Waals surface area contributed by atoms with Gasteiger partial charge in [-0.05, 0) is 80.5 Å². The highest BCUT2D eigenvalue weighted by Crippen LogP contribution is 2.42. The Labute approximate surface area is 206 Å². The minimum absolute atomic E-state index is 0.0255. The molecule has 0 bridgehead atoms. The highest BCUT2D eigenvalue weighted by Gasteiger charge is 2.40. The summed E-state index contributed by atoms with van der Waals surface area (Å²) >= 11 is 7.92. The van der Waals surface area contributed by atoms with Crippen molar-refractivity contribution in [3.05, 3.63) is 57.3 Å². The molecule has 1 aliphatic carbocycles. The number of ether oxygens (including phenoxy) is 1. The van der Waals surface area contributed by atoms with Crippen LogP contribution in [-0.4, -0.2) is 40.9 Å². The summed E-state index contributed by atoms with van der Waals surface area (Å²) in [4.78, 5) is 13.4. The van der Waals surface area contributed by atoms with Gasteiger partial charge in [-0.1, -0.05) is 18.2 Å². The molecular weight excluding hydrogens is 489 g/mol. The standard InChI is InChI=1S/C25H30ClF3O4S/c26-21-15-22(31)20(9-2-5-16-4-1-6-17(14-16)25(27,28)29)19(21)8-3-7-18-10-11-23(34-18)24(32)33-13-12-30/h1,4,6,10-11,14,19-22,30-31H,2-3,5,7-9,12-13,15H2/t19-,20-,21-,22-/m1/s1. The first-order valence-electron chi connectivity index (χ1n) is 11.5. The molecule has 1 saturated carbocycles. The van der Waals surface area contributed by atoms with Gasteiger partial charge in [0.1, 0.15) is 11.5 Å². The maximum absolute atomic E-state index is 12.9. The molecule has 0 unspecified atom stereocenters. The summed E-state index contributed by atoms with van der Waals surface area (Å²) in [7, 11) is 0. The fourth-order valence-corrected chi connectivity index (χ4v) is 6.16. The first-order chi connectivity index (χ1) is 16.2. The fourth-order valence-electron chi connectivity index (χ4n) is 4.72. The van der Waals surface area contributed by atoms with E-state index in [9.17, 15) is 23.1 Å². The van der Waals surface area contributed by atoms with Crippen molar-refractivity contribution in [1.29, 1.82) is 0 Å². The van der Waals surface area contributed by atoms with E-state index < -0.39 is 23.8 Å². The minimum Gasteiger partial charge on any atom is -0.459 e. The van der Waals surface area contributed by atoms with Crippen molar-refractivity contribution in [3.63, 3.8) is 0 Å². The first kappa shape index (κ1) is 27.0. The second-order valence-corrected chi connectivity index (χ2v) is 10.5. The Balaban J connectivity index is 1.48. The third kappa shape index (κ3) is 7.44. The topological polar surface area (TPSA) is 66.8 Å². The molecule has 1 heterocycles. The van der Waals surface area contributed by atoms with Crippen LogP contribution in [0.1, 0.15) is 57.8 Å². The summed E-state index contributed by atoms with van der Waals surface area (Å²) < 4.78 is 43.7. The number of carbonyl (C=O) groups is 1. The second-order valence-electron chi connectivity index (χ2n) is 8.75. The van der Waals surface area contributed by atoms with Crippen molar-refractivity contribution in [2.24, 2.45) is 11.8 Å². The quantitative estimate of drug-likeness (QED) is 0.288. The lowest BCUT2D eigenvalue weighted by atomic mass is 9.85. The van der Waals surface area contributed by atoms with Gasteiger partial charge in [0.05, 0.1) is 18.3 Å². The van der Waals surface area contributed by atoms with Gasteiger partial charge in [-0.3, -0.25) is 0 Å². The van der Waals surface area contributed by atoms with Crippen molar-refractivity contribution in [2.75, 3.05) is 13.2 Å². The number of aliphatic hydroxyl groups is 2. The van der Waals surface area contributed by atoms with E-state index in [-0.39, 0.29) is 30.4 Å². The SMILES string of the molecule is O=C(OCCO)c1ccc(CCC[C@@H]2[C@@H](CCCc3cccc(C(F)(F)F)c3)[C@H](O)C[C@H]2Cl)s1. The molecule has 188 valence electrons. The van der Waals surface area contributed by atoms with Crippen molar-refractivity contribution >= 4 is 28.9 Å². The van der Waals surface area contributed by atoms with E-state index in [0.717, 1.165) is 30.2 Å². The van der Waals surface area contributed by atoms with Crippen molar-refractivity contribution in [3.8, 4) is 0 Å². The van der Waals surface area contributed by atoms with E-state index in [1.807, 2.05) is 6.07 Å². The Morgan fingerprint density at radius 1 is 1.12 bits per heavy atom. The Morgan fingerprint density at radius 2 is 1.85 bits per heavy atom. The zero-order chi connectivity index (χ0) is 24.7. The summed E-state index contributed by atoms with van der Waals surface area (Å²) in [6, 6.07) is 9.03. The number of carbonyl (C=O) groups excluding carboxylic acids is 1. The predicted molar refractivity (Wildman–Crippen MR) is 126 cm³/mol. The zero-order valence-corrected chi connectivity index (χ0v) is 20.3. The molecule has 0 saturated heterocycles. The van der Waals surface area contributed by atoms with Crippen LogP contribution in [-0.2, 0) is 23.8 Å². The molecule has 0 amide bonds. The summed E-state index contributed by atoms with van der Waals surface area (Å²) in [5, 5.41) is 19.2. The Morgan fingerprint density at radius 3 is 2.59 bits per heavy atom. The van der Waals surface area contributed by atoms with Gasteiger partial charge in [0.15, 0.2) is 0 Å². The monoisotopic (exact) mass is 518 g/mol. The van der Waals surface area contributed by atoms with Crippen LogP contribution >= 0.6 is 22.9 Å². The maximum atomic E-state index is 12.9. The van der Waals surface area contributed by atoms with Crippen LogP contribution in [0.5, 0.6) is 0 Å². The van der Waals surface area contributed by atoms with Gasteiger partial charge in [0.25, 0.3) is 0 Å². The second kappa shape index (κ2) is 12.4. The number of aliphatic hydroxyl groups excluding tert-OH is 2.